The summed E-state index contributed by atoms with van der Waals surface area (Å²) in [4.78, 5) is 35.5. The molecule has 3 amide bonds. The molecular formula is C16H22N2O7. The van der Waals surface area contributed by atoms with Gasteiger partial charge in [0.25, 0.3) is 5.91 Å². The maximum atomic E-state index is 12.3. The van der Waals surface area contributed by atoms with Crippen LogP contribution in [0.4, 0.5) is 4.79 Å². The molecule has 0 fully saturated rings. The number of imide groups is 1. The lowest BCUT2D eigenvalue weighted by Crippen LogP contribution is -2.44. The van der Waals surface area contributed by atoms with Crippen LogP contribution in [0.1, 0.15) is 24.2 Å². The molecule has 0 bridgehead atoms. The molecule has 0 spiro atoms. The highest BCUT2D eigenvalue weighted by molar-refractivity contribution is 5.99. The Hall–Kier alpha value is -2.97. The van der Waals surface area contributed by atoms with E-state index in [0.29, 0.717) is 12.3 Å². The predicted octanol–water partition coefficient (Wildman–Crippen LogP) is 1.10. The zero-order chi connectivity index (χ0) is 19.0. The summed E-state index contributed by atoms with van der Waals surface area (Å²) in [5.74, 6) is -0.852. The molecule has 0 saturated carbocycles. The SMILES string of the molecule is CCNC(=O)NC(=O)C(C)OC(=O)c1ccc(OC)c(OC)c1OC. The predicted molar refractivity (Wildman–Crippen MR) is 88.2 cm³/mol. The molecule has 1 aromatic rings. The van der Waals surface area contributed by atoms with E-state index in [9.17, 15) is 14.4 Å². The number of hydrogen-bond donors (Lipinski definition) is 2. The first-order chi connectivity index (χ1) is 11.9. The third kappa shape index (κ3) is 5.00. The van der Waals surface area contributed by atoms with Gasteiger partial charge >= 0.3 is 12.0 Å². The van der Waals surface area contributed by atoms with Gasteiger partial charge in [0.15, 0.2) is 17.6 Å². The molecule has 0 radical (unpaired) electrons. The van der Waals surface area contributed by atoms with Crippen LogP contribution in [0.3, 0.4) is 0 Å². The maximum Gasteiger partial charge on any atom is 0.342 e. The van der Waals surface area contributed by atoms with Gasteiger partial charge in [0, 0.05) is 6.54 Å². The molecule has 0 saturated heterocycles. The second-order valence-corrected chi connectivity index (χ2v) is 4.78. The lowest BCUT2D eigenvalue weighted by molar-refractivity contribution is -0.127. The smallest absolute Gasteiger partial charge is 0.342 e. The van der Waals surface area contributed by atoms with Gasteiger partial charge < -0.3 is 24.3 Å². The summed E-state index contributed by atoms with van der Waals surface area (Å²) in [6.45, 7) is 3.41. The number of benzene rings is 1. The Morgan fingerprint density at radius 1 is 1.04 bits per heavy atom. The number of amides is 3. The van der Waals surface area contributed by atoms with Gasteiger partial charge in [-0.15, -0.1) is 0 Å². The van der Waals surface area contributed by atoms with E-state index < -0.39 is 24.0 Å². The molecule has 0 heterocycles. The Kier molecular flexibility index (Phi) is 7.51. The summed E-state index contributed by atoms with van der Waals surface area (Å²) in [5.41, 5.74) is 0.0535. The van der Waals surface area contributed by atoms with Crippen molar-refractivity contribution < 1.29 is 33.3 Å². The number of rotatable bonds is 7. The Labute approximate surface area is 145 Å². The number of nitrogens with one attached hydrogen (secondary N) is 2. The lowest BCUT2D eigenvalue weighted by Gasteiger charge is -2.17. The van der Waals surface area contributed by atoms with Crippen molar-refractivity contribution in [2.45, 2.75) is 20.0 Å². The molecule has 0 aromatic heterocycles. The summed E-state index contributed by atoms with van der Waals surface area (Å²) in [5, 5.41) is 4.47. The van der Waals surface area contributed by atoms with E-state index in [1.54, 1.807) is 6.92 Å². The number of methoxy groups -OCH3 is 3. The molecule has 9 nitrogen and oxygen atoms in total. The second kappa shape index (κ2) is 9.36. The van der Waals surface area contributed by atoms with Crippen LogP contribution in [0.5, 0.6) is 17.2 Å². The van der Waals surface area contributed by atoms with Crippen LogP contribution in [0.15, 0.2) is 12.1 Å². The van der Waals surface area contributed by atoms with Crippen molar-refractivity contribution in [2.24, 2.45) is 0 Å². The minimum Gasteiger partial charge on any atom is -0.493 e. The maximum absolute atomic E-state index is 12.3. The van der Waals surface area contributed by atoms with Gasteiger partial charge in [0.1, 0.15) is 5.56 Å². The van der Waals surface area contributed by atoms with Crippen LogP contribution in [0.2, 0.25) is 0 Å². The first kappa shape index (κ1) is 20.1. The minimum atomic E-state index is -1.19. The molecule has 0 aliphatic heterocycles. The summed E-state index contributed by atoms with van der Waals surface area (Å²) in [6.07, 6.45) is -1.19. The molecule has 138 valence electrons. The standard InChI is InChI=1S/C16H22N2O7/c1-6-17-16(21)18-14(19)9(2)25-15(20)10-7-8-11(22-3)13(24-5)12(10)23-4/h7-9H,6H2,1-5H3,(H2,17,18,19,21). The number of carbonyl (C=O) groups is 3. The van der Waals surface area contributed by atoms with Gasteiger partial charge in [0.2, 0.25) is 5.75 Å². The largest absolute Gasteiger partial charge is 0.493 e. The average Bonchev–Trinajstić information content (AvgIpc) is 2.59. The lowest BCUT2D eigenvalue weighted by atomic mass is 10.1. The summed E-state index contributed by atoms with van der Waals surface area (Å²) in [7, 11) is 4.21. The number of hydrogen-bond acceptors (Lipinski definition) is 7. The van der Waals surface area contributed by atoms with Crippen molar-refractivity contribution in [2.75, 3.05) is 27.9 Å². The second-order valence-electron chi connectivity index (χ2n) is 4.78. The fraction of sp³-hybridized carbons (Fsp3) is 0.438. The zero-order valence-electron chi connectivity index (χ0n) is 14.8. The normalized spacial score (nSPS) is 11.1. The van der Waals surface area contributed by atoms with Crippen molar-refractivity contribution in [1.29, 1.82) is 0 Å². The topological polar surface area (TPSA) is 112 Å². The minimum absolute atomic E-state index is 0.0535. The van der Waals surface area contributed by atoms with E-state index >= 15 is 0 Å². The number of ether oxygens (including phenoxy) is 4. The molecule has 1 rings (SSSR count). The van der Waals surface area contributed by atoms with Crippen molar-refractivity contribution in [3.63, 3.8) is 0 Å². The Morgan fingerprint density at radius 3 is 2.20 bits per heavy atom. The molecule has 1 aromatic carbocycles. The number of urea groups is 1. The molecule has 1 atom stereocenters. The number of carbonyl (C=O) groups excluding carboxylic acids is 3. The van der Waals surface area contributed by atoms with Gasteiger partial charge in [-0.1, -0.05) is 0 Å². The molecular weight excluding hydrogens is 332 g/mol. The van der Waals surface area contributed by atoms with Gasteiger partial charge in [-0.25, -0.2) is 9.59 Å². The monoisotopic (exact) mass is 354 g/mol. The molecule has 1 unspecified atom stereocenters. The summed E-state index contributed by atoms with van der Waals surface area (Å²) >= 11 is 0. The molecule has 9 heteroatoms. The van der Waals surface area contributed by atoms with Crippen LogP contribution in [0.25, 0.3) is 0 Å². The van der Waals surface area contributed by atoms with Crippen LogP contribution >= 0.6 is 0 Å². The Balaban J connectivity index is 2.93. The highest BCUT2D eigenvalue weighted by atomic mass is 16.6. The fourth-order valence-corrected chi connectivity index (χ4v) is 1.96. The van der Waals surface area contributed by atoms with E-state index in [1.165, 1.54) is 40.4 Å². The average molecular weight is 354 g/mol. The first-order valence-electron chi connectivity index (χ1n) is 7.48. The van der Waals surface area contributed by atoms with Gasteiger partial charge in [-0.05, 0) is 26.0 Å². The van der Waals surface area contributed by atoms with Crippen molar-refractivity contribution >= 4 is 17.9 Å². The van der Waals surface area contributed by atoms with Crippen LogP contribution in [-0.4, -0.2) is 51.9 Å². The van der Waals surface area contributed by atoms with Gasteiger partial charge in [-0.2, -0.15) is 0 Å². The van der Waals surface area contributed by atoms with Gasteiger partial charge in [-0.3, -0.25) is 10.1 Å². The highest BCUT2D eigenvalue weighted by Crippen LogP contribution is 2.40. The van der Waals surface area contributed by atoms with Crippen LogP contribution < -0.4 is 24.8 Å². The zero-order valence-corrected chi connectivity index (χ0v) is 14.8. The molecule has 0 aliphatic carbocycles. The van der Waals surface area contributed by atoms with Crippen molar-refractivity contribution in [3.8, 4) is 17.2 Å². The van der Waals surface area contributed by atoms with E-state index in [0.717, 1.165) is 0 Å². The van der Waals surface area contributed by atoms with Crippen LogP contribution in [-0.2, 0) is 9.53 Å². The first-order valence-corrected chi connectivity index (χ1v) is 7.48. The van der Waals surface area contributed by atoms with Crippen LogP contribution in [0, 0.1) is 0 Å². The molecule has 0 aliphatic rings. The Morgan fingerprint density at radius 2 is 1.68 bits per heavy atom. The van der Waals surface area contributed by atoms with Gasteiger partial charge in [0.05, 0.1) is 21.3 Å². The third-order valence-electron chi connectivity index (χ3n) is 3.15. The quantitative estimate of drug-likeness (QED) is 0.705. The summed E-state index contributed by atoms with van der Waals surface area (Å²) < 4.78 is 20.6. The number of esters is 1. The van der Waals surface area contributed by atoms with E-state index in [4.69, 9.17) is 18.9 Å². The highest BCUT2D eigenvalue weighted by Gasteiger charge is 2.25. The van der Waals surface area contributed by atoms with Crippen molar-refractivity contribution in [3.05, 3.63) is 17.7 Å². The summed E-state index contributed by atoms with van der Waals surface area (Å²) in [6, 6.07) is 2.27. The van der Waals surface area contributed by atoms with Crippen molar-refractivity contribution in [1.82, 2.24) is 10.6 Å². The van der Waals surface area contributed by atoms with E-state index in [-0.39, 0.29) is 17.1 Å². The fourth-order valence-electron chi connectivity index (χ4n) is 1.96. The van der Waals surface area contributed by atoms with E-state index in [2.05, 4.69) is 10.6 Å². The molecule has 2 N–H and O–H groups in total. The molecule has 25 heavy (non-hydrogen) atoms. The van der Waals surface area contributed by atoms with E-state index in [1.807, 2.05) is 0 Å². The Bertz CT molecular complexity index is 646. The third-order valence-corrected chi connectivity index (χ3v) is 3.15.